The van der Waals surface area contributed by atoms with Crippen LogP contribution in [-0.4, -0.2) is 35.0 Å². The van der Waals surface area contributed by atoms with Gasteiger partial charge in [-0.05, 0) is 66.3 Å². The van der Waals surface area contributed by atoms with E-state index >= 15 is 0 Å². The number of thioether (sulfide) groups is 1. The number of aromatic nitrogens is 2. The number of hydrogen-bond acceptors (Lipinski definition) is 7. The number of rotatable bonds is 9. The van der Waals surface area contributed by atoms with Crippen molar-refractivity contribution in [3.8, 4) is 11.5 Å². The number of amides is 1. The molecule has 0 aliphatic carbocycles. The highest BCUT2D eigenvalue weighted by Crippen LogP contribution is 2.34. The van der Waals surface area contributed by atoms with Crippen molar-refractivity contribution in [3.05, 3.63) is 74.4 Å². The van der Waals surface area contributed by atoms with Gasteiger partial charge in [-0.25, -0.2) is 19.8 Å². The minimum Gasteiger partial charge on any atom is -0.493 e. The van der Waals surface area contributed by atoms with Gasteiger partial charge in [0.2, 0.25) is 0 Å². The molecule has 3 aromatic rings. The fourth-order valence-corrected chi connectivity index (χ4v) is 4.34. The molecule has 10 heteroatoms. The van der Waals surface area contributed by atoms with Crippen molar-refractivity contribution in [2.24, 2.45) is 5.10 Å². The summed E-state index contributed by atoms with van der Waals surface area (Å²) in [5.74, 6) is 0.531. The third-order valence-electron chi connectivity index (χ3n) is 4.28. The number of nitrogens with one attached hydrogen (secondary N) is 1. The Morgan fingerprint density at radius 3 is 2.64 bits per heavy atom. The third kappa shape index (κ3) is 7.39. The molecule has 1 N–H and O–H groups in total. The van der Waals surface area contributed by atoms with Crippen molar-refractivity contribution < 1.29 is 18.7 Å². The zero-order valence-corrected chi connectivity index (χ0v) is 21.2. The lowest BCUT2D eigenvalue weighted by molar-refractivity contribution is -0.118. The third-order valence-corrected chi connectivity index (χ3v) is 5.93. The van der Waals surface area contributed by atoms with Crippen LogP contribution in [0.25, 0.3) is 0 Å². The Bertz CT molecular complexity index is 1160. The van der Waals surface area contributed by atoms with E-state index in [1.54, 1.807) is 24.3 Å². The van der Waals surface area contributed by atoms with Gasteiger partial charge >= 0.3 is 0 Å². The second kappa shape index (κ2) is 11.9. The van der Waals surface area contributed by atoms with E-state index in [0.29, 0.717) is 27.8 Å². The summed E-state index contributed by atoms with van der Waals surface area (Å²) in [7, 11) is 1.52. The Morgan fingerprint density at radius 1 is 1.21 bits per heavy atom. The first-order valence-electron chi connectivity index (χ1n) is 9.86. The molecule has 0 atom stereocenters. The van der Waals surface area contributed by atoms with Gasteiger partial charge in [-0.3, -0.25) is 4.79 Å². The van der Waals surface area contributed by atoms with Crippen molar-refractivity contribution in [2.45, 2.75) is 25.6 Å². The van der Waals surface area contributed by atoms with Crippen molar-refractivity contribution in [3.63, 3.8) is 0 Å². The quantitative estimate of drug-likeness (QED) is 0.130. The minimum absolute atomic E-state index is 0.0738. The highest BCUT2D eigenvalue weighted by Gasteiger charge is 2.13. The van der Waals surface area contributed by atoms with Gasteiger partial charge in [0.1, 0.15) is 12.4 Å². The Balaban J connectivity index is 1.59. The normalized spacial score (nSPS) is 10.9. The lowest BCUT2D eigenvalue weighted by Crippen LogP contribution is -2.19. The molecule has 1 aromatic heterocycles. The van der Waals surface area contributed by atoms with Crippen LogP contribution in [0.2, 0.25) is 0 Å². The molecule has 33 heavy (non-hydrogen) atoms. The van der Waals surface area contributed by atoms with Crippen LogP contribution in [0.15, 0.2) is 52.7 Å². The molecule has 3 rings (SSSR count). The fourth-order valence-electron chi connectivity index (χ4n) is 2.82. The summed E-state index contributed by atoms with van der Waals surface area (Å²) in [6.45, 7) is 3.84. The SMILES string of the molecule is COc1cc(/C=N\NC(=O)CSc2nc(C)cc(C)n2)cc(I)c1OCc1ccccc1F. The van der Waals surface area contributed by atoms with E-state index in [0.717, 1.165) is 15.0 Å². The first-order valence-corrected chi connectivity index (χ1v) is 11.9. The number of hydrazone groups is 1. The van der Waals surface area contributed by atoms with E-state index in [1.807, 2.05) is 26.0 Å². The number of aryl methyl sites for hydroxylation is 2. The molecule has 0 aliphatic heterocycles. The van der Waals surface area contributed by atoms with Gasteiger partial charge in [-0.15, -0.1) is 0 Å². The van der Waals surface area contributed by atoms with Gasteiger partial charge in [-0.2, -0.15) is 5.10 Å². The van der Waals surface area contributed by atoms with E-state index in [2.05, 4.69) is 43.1 Å². The van der Waals surface area contributed by atoms with Crippen LogP contribution in [0.3, 0.4) is 0 Å². The molecule has 0 spiro atoms. The summed E-state index contributed by atoms with van der Waals surface area (Å²) >= 11 is 3.36. The topological polar surface area (TPSA) is 85.7 Å². The van der Waals surface area contributed by atoms with Gasteiger partial charge in [-0.1, -0.05) is 30.0 Å². The van der Waals surface area contributed by atoms with Crippen LogP contribution in [0.1, 0.15) is 22.5 Å². The maximum atomic E-state index is 13.9. The minimum atomic E-state index is -0.326. The molecule has 2 aromatic carbocycles. The molecular formula is C23H22FIN4O3S. The van der Waals surface area contributed by atoms with Crippen LogP contribution in [0.5, 0.6) is 11.5 Å². The molecule has 0 bridgehead atoms. The van der Waals surface area contributed by atoms with Gasteiger partial charge < -0.3 is 9.47 Å². The fraction of sp³-hybridized carbons (Fsp3) is 0.217. The summed E-state index contributed by atoms with van der Waals surface area (Å²) in [6.07, 6.45) is 1.52. The average molecular weight is 580 g/mol. The Labute approximate surface area is 209 Å². The number of carbonyl (C=O) groups is 1. The monoisotopic (exact) mass is 580 g/mol. The number of nitrogens with zero attached hydrogens (tertiary/aromatic N) is 3. The highest BCUT2D eigenvalue weighted by molar-refractivity contribution is 14.1. The molecule has 0 unspecified atom stereocenters. The molecule has 172 valence electrons. The van der Waals surface area contributed by atoms with Crippen molar-refractivity contribution in [1.82, 2.24) is 15.4 Å². The van der Waals surface area contributed by atoms with Crippen molar-refractivity contribution in [2.75, 3.05) is 12.9 Å². The molecule has 1 heterocycles. The Morgan fingerprint density at radius 2 is 1.94 bits per heavy atom. The number of hydrogen-bond donors (Lipinski definition) is 1. The van der Waals surface area contributed by atoms with Gasteiger partial charge in [0.15, 0.2) is 16.7 Å². The van der Waals surface area contributed by atoms with Gasteiger partial charge in [0, 0.05) is 17.0 Å². The highest BCUT2D eigenvalue weighted by atomic mass is 127. The molecule has 1 amide bonds. The molecule has 0 saturated heterocycles. The zero-order chi connectivity index (χ0) is 23.8. The van der Waals surface area contributed by atoms with Crippen LogP contribution in [0, 0.1) is 23.2 Å². The van der Waals surface area contributed by atoms with Crippen molar-refractivity contribution >= 4 is 46.5 Å². The number of ether oxygens (including phenoxy) is 2. The zero-order valence-electron chi connectivity index (χ0n) is 18.3. The number of carbonyl (C=O) groups excluding carboxylic acids is 1. The number of methoxy groups -OCH3 is 1. The van der Waals surface area contributed by atoms with Crippen LogP contribution >= 0.6 is 34.4 Å². The van der Waals surface area contributed by atoms with Crippen LogP contribution in [0.4, 0.5) is 4.39 Å². The molecule has 0 aliphatic rings. The second-order valence-corrected chi connectivity index (χ2v) is 9.03. The lowest BCUT2D eigenvalue weighted by atomic mass is 10.2. The van der Waals surface area contributed by atoms with Crippen LogP contribution < -0.4 is 14.9 Å². The van der Waals surface area contributed by atoms with Gasteiger partial charge in [0.05, 0.1) is 22.6 Å². The average Bonchev–Trinajstić information content (AvgIpc) is 2.77. The smallest absolute Gasteiger partial charge is 0.250 e. The molecular weight excluding hydrogens is 558 g/mol. The van der Waals surface area contributed by atoms with E-state index in [4.69, 9.17) is 9.47 Å². The maximum absolute atomic E-state index is 13.9. The van der Waals surface area contributed by atoms with Crippen LogP contribution in [-0.2, 0) is 11.4 Å². The summed E-state index contributed by atoms with van der Waals surface area (Å²) in [5.41, 5.74) is 5.36. The van der Waals surface area contributed by atoms with Gasteiger partial charge in [0.25, 0.3) is 5.91 Å². The molecule has 0 fully saturated rings. The summed E-state index contributed by atoms with van der Waals surface area (Å²) in [4.78, 5) is 20.7. The predicted octanol–water partition coefficient (Wildman–Crippen LogP) is 4.67. The first-order chi connectivity index (χ1) is 15.9. The number of benzene rings is 2. The molecule has 0 radical (unpaired) electrons. The van der Waals surface area contributed by atoms with E-state index in [9.17, 15) is 9.18 Å². The molecule has 7 nitrogen and oxygen atoms in total. The Hall–Kier alpha value is -2.73. The number of halogens is 2. The van der Waals surface area contributed by atoms with E-state index in [1.165, 1.54) is 31.2 Å². The summed E-state index contributed by atoms with van der Waals surface area (Å²) in [5, 5.41) is 4.56. The standard InChI is InChI=1S/C23H22FIN4O3S/c1-14-8-15(2)28-23(27-14)33-13-21(30)29-26-11-16-9-19(25)22(20(10-16)31-3)32-12-17-6-4-5-7-18(17)24/h4-11H,12-13H2,1-3H3,(H,29,30)/b26-11-. The largest absolute Gasteiger partial charge is 0.493 e. The van der Waals surface area contributed by atoms with E-state index < -0.39 is 0 Å². The predicted molar refractivity (Wildman–Crippen MR) is 134 cm³/mol. The Kier molecular flexibility index (Phi) is 9.01. The second-order valence-electron chi connectivity index (χ2n) is 6.93. The first kappa shape index (κ1) is 24.9. The summed E-state index contributed by atoms with van der Waals surface area (Å²) < 4.78 is 25.9. The lowest BCUT2D eigenvalue weighted by Gasteiger charge is -2.14. The molecule has 0 saturated carbocycles. The van der Waals surface area contributed by atoms with Crippen molar-refractivity contribution in [1.29, 1.82) is 0 Å². The van der Waals surface area contributed by atoms with E-state index in [-0.39, 0.29) is 24.1 Å². The summed E-state index contributed by atoms with van der Waals surface area (Å²) in [6, 6.07) is 11.9. The maximum Gasteiger partial charge on any atom is 0.250 e.